The molecule has 2 aliphatic rings. The molecule has 94 valence electrons. The van der Waals surface area contributed by atoms with E-state index in [0.717, 1.165) is 31.3 Å². The monoisotopic (exact) mass is 226 g/mol. The third kappa shape index (κ3) is 2.76. The minimum Gasteiger partial charge on any atom is -0.380 e. The molecule has 2 heterocycles. The molecule has 3 nitrogen and oxygen atoms in total. The summed E-state index contributed by atoms with van der Waals surface area (Å²) in [7, 11) is 2.26. The molecule has 2 saturated heterocycles. The SMILES string of the molecule is CCOCC(C)N(C)C1CC2CCC(C1)N2. The fraction of sp³-hybridized carbons (Fsp3) is 1.00. The minimum atomic E-state index is 0.544. The number of ether oxygens (including phenoxy) is 1. The Hall–Kier alpha value is -0.120. The van der Waals surface area contributed by atoms with Gasteiger partial charge in [-0.15, -0.1) is 0 Å². The molecule has 2 fully saturated rings. The first-order valence-electron chi connectivity index (χ1n) is 6.76. The minimum absolute atomic E-state index is 0.544. The second-order valence-corrected chi connectivity index (χ2v) is 5.44. The Morgan fingerprint density at radius 3 is 2.50 bits per heavy atom. The zero-order valence-electron chi connectivity index (χ0n) is 10.9. The Balaban J connectivity index is 1.82. The van der Waals surface area contributed by atoms with Crippen LogP contribution in [0.25, 0.3) is 0 Å². The first kappa shape index (κ1) is 12.3. The predicted octanol–water partition coefficient (Wildman–Crippen LogP) is 1.63. The molecular weight excluding hydrogens is 200 g/mol. The molecule has 16 heavy (non-hydrogen) atoms. The summed E-state index contributed by atoms with van der Waals surface area (Å²) in [6, 6.07) is 2.87. The van der Waals surface area contributed by atoms with Gasteiger partial charge in [-0.1, -0.05) is 0 Å². The molecule has 2 rings (SSSR count). The van der Waals surface area contributed by atoms with Crippen molar-refractivity contribution in [1.29, 1.82) is 0 Å². The Kier molecular flexibility index (Phi) is 4.22. The van der Waals surface area contributed by atoms with Crippen LogP contribution in [0.2, 0.25) is 0 Å². The van der Waals surface area contributed by atoms with Gasteiger partial charge in [0.15, 0.2) is 0 Å². The number of hydrogen-bond acceptors (Lipinski definition) is 3. The first-order valence-corrected chi connectivity index (χ1v) is 6.76. The fourth-order valence-electron chi connectivity index (χ4n) is 3.13. The van der Waals surface area contributed by atoms with E-state index in [9.17, 15) is 0 Å². The highest BCUT2D eigenvalue weighted by Gasteiger charge is 2.35. The molecule has 3 heteroatoms. The average molecular weight is 226 g/mol. The summed E-state index contributed by atoms with van der Waals surface area (Å²) in [4.78, 5) is 2.53. The molecule has 2 aliphatic heterocycles. The summed E-state index contributed by atoms with van der Waals surface area (Å²) in [6.07, 6.45) is 5.41. The summed E-state index contributed by atoms with van der Waals surface area (Å²) in [5.41, 5.74) is 0. The van der Waals surface area contributed by atoms with Crippen molar-refractivity contribution in [3.8, 4) is 0 Å². The van der Waals surface area contributed by atoms with Crippen LogP contribution in [-0.4, -0.2) is 49.3 Å². The van der Waals surface area contributed by atoms with Gasteiger partial charge in [0.2, 0.25) is 0 Å². The molecule has 0 aromatic carbocycles. The molecule has 3 unspecified atom stereocenters. The molecule has 0 saturated carbocycles. The van der Waals surface area contributed by atoms with Crippen molar-refractivity contribution in [3.05, 3.63) is 0 Å². The van der Waals surface area contributed by atoms with Gasteiger partial charge in [-0.25, -0.2) is 0 Å². The highest BCUT2D eigenvalue weighted by atomic mass is 16.5. The van der Waals surface area contributed by atoms with E-state index in [0.29, 0.717) is 6.04 Å². The maximum atomic E-state index is 5.52. The van der Waals surface area contributed by atoms with Gasteiger partial charge < -0.3 is 10.1 Å². The van der Waals surface area contributed by atoms with Gasteiger partial charge in [0.05, 0.1) is 6.61 Å². The van der Waals surface area contributed by atoms with Crippen molar-refractivity contribution in [2.45, 2.75) is 63.7 Å². The van der Waals surface area contributed by atoms with Crippen LogP contribution < -0.4 is 5.32 Å². The molecule has 0 spiro atoms. The Labute approximate surface area is 99.5 Å². The third-order valence-electron chi connectivity index (χ3n) is 4.28. The largest absolute Gasteiger partial charge is 0.380 e. The number of fused-ring (bicyclic) bond motifs is 2. The topological polar surface area (TPSA) is 24.5 Å². The molecule has 1 N–H and O–H groups in total. The lowest BCUT2D eigenvalue weighted by Gasteiger charge is -2.38. The lowest BCUT2D eigenvalue weighted by Crippen LogP contribution is -2.50. The van der Waals surface area contributed by atoms with E-state index < -0.39 is 0 Å². The molecule has 0 aromatic rings. The van der Waals surface area contributed by atoms with Gasteiger partial charge >= 0.3 is 0 Å². The van der Waals surface area contributed by atoms with Crippen molar-refractivity contribution in [1.82, 2.24) is 10.2 Å². The summed E-state index contributed by atoms with van der Waals surface area (Å²) < 4.78 is 5.52. The van der Waals surface area contributed by atoms with Crippen LogP contribution in [0.3, 0.4) is 0 Å². The predicted molar refractivity (Wildman–Crippen MR) is 66.7 cm³/mol. The normalized spacial score (nSPS) is 35.6. The average Bonchev–Trinajstić information content (AvgIpc) is 2.64. The van der Waals surface area contributed by atoms with E-state index in [1.165, 1.54) is 25.7 Å². The Bertz CT molecular complexity index is 210. The number of nitrogens with zero attached hydrogens (tertiary/aromatic N) is 1. The summed E-state index contributed by atoms with van der Waals surface area (Å²) >= 11 is 0. The van der Waals surface area contributed by atoms with Crippen molar-refractivity contribution < 1.29 is 4.74 Å². The van der Waals surface area contributed by atoms with Gasteiger partial charge in [-0.05, 0) is 46.6 Å². The summed E-state index contributed by atoms with van der Waals surface area (Å²) in [6.45, 7) is 6.04. The molecule has 0 radical (unpaired) electrons. The van der Waals surface area contributed by atoms with E-state index in [1.807, 2.05) is 0 Å². The number of nitrogens with one attached hydrogen (secondary N) is 1. The lowest BCUT2D eigenvalue weighted by atomic mass is 9.97. The van der Waals surface area contributed by atoms with Gasteiger partial charge in [0, 0.05) is 30.8 Å². The Morgan fingerprint density at radius 2 is 1.94 bits per heavy atom. The fourth-order valence-corrected chi connectivity index (χ4v) is 3.13. The molecule has 0 aliphatic carbocycles. The van der Waals surface area contributed by atoms with Gasteiger partial charge in [0.1, 0.15) is 0 Å². The number of hydrogen-bond donors (Lipinski definition) is 1. The van der Waals surface area contributed by atoms with E-state index in [1.54, 1.807) is 0 Å². The summed E-state index contributed by atoms with van der Waals surface area (Å²) in [5, 5.41) is 3.70. The van der Waals surface area contributed by atoms with Gasteiger partial charge in [-0.3, -0.25) is 4.90 Å². The van der Waals surface area contributed by atoms with Crippen molar-refractivity contribution >= 4 is 0 Å². The van der Waals surface area contributed by atoms with Crippen LogP contribution in [0.1, 0.15) is 39.5 Å². The molecular formula is C13H26N2O. The number of rotatable bonds is 5. The second kappa shape index (κ2) is 5.48. The quantitative estimate of drug-likeness (QED) is 0.771. The van der Waals surface area contributed by atoms with Crippen LogP contribution in [0.5, 0.6) is 0 Å². The third-order valence-corrected chi connectivity index (χ3v) is 4.28. The van der Waals surface area contributed by atoms with Crippen molar-refractivity contribution in [2.24, 2.45) is 0 Å². The Morgan fingerprint density at radius 1 is 1.31 bits per heavy atom. The van der Waals surface area contributed by atoms with Gasteiger partial charge in [0.25, 0.3) is 0 Å². The van der Waals surface area contributed by atoms with E-state index in [2.05, 4.69) is 31.1 Å². The standard InChI is InChI=1S/C13H26N2O/c1-4-16-9-10(2)15(3)13-7-11-5-6-12(8-13)14-11/h10-14H,4-9H2,1-3H3. The van der Waals surface area contributed by atoms with Crippen LogP contribution in [-0.2, 0) is 4.74 Å². The number of likely N-dealkylation sites (N-methyl/N-ethyl adjacent to an activating group) is 1. The molecule has 0 amide bonds. The maximum Gasteiger partial charge on any atom is 0.0618 e. The summed E-state index contributed by atoms with van der Waals surface area (Å²) in [5.74, 6) is 0. The van der Waals surface area contributed by atoms with Crippen LogP contribution in [0.15, 0.2) is 0 Å². The van der Waals surface area contributed by atoms with Crippen LogP contribution in [0, 0.1) is 0 Å². The smallest absolute Gasteiger partial charge is 0.0618 e. The highest BCUT2D eigenvalue weighted by molar-refractivity contribution is 4.95. The zero-order chi connectivity index (χ0) is 11.5. The van der Waals surface area contributed by atoms with Crippen molar-refractivity contribution in [2.75, 3.05) is 20.3 Å². The highest BCUT2D eigenvalue weighted by Crippen LogP contribution is 2.29. The molecule has 2 bridgehead atoms. The van der Waals surface area contributed by atoms with E-state index >= 15 is 0 Å². The van der Waals surface area contributed by atoms with Crippen LogP contribution in [0.4, 0.5) is 0 Å². The first-order chi connectivity index (χ1) is 7.70. The zero-order valence-corrected chi connectivity index (χ0v) is 10.9. The van der Waals surface area contributed by atoms with Crippen molar-refractivity contribution in [3.63, 3.8) is 0 Å². The van der Waals surface area contributed by atoms with E-state index in [-0.39, 0.29) is 0 Å². The van der Waals surface area contributed by atoms with Crippen LogP contribution >= 0.6 is 0 Å². The maximum absolute atomic E-state index is 5.52. The molecule has 3 atom stereocenters. The number of piperidine rings is 1. The van der Waals surface area contributed by atoms with E-state index in [4.69, 9.17) is 4.74 Å². The second-order valence-electron chi connectivity index (χ2n) is 5.44. The molecule has 0 aromatic heterocycles. The van der Waals surface area contributed by atoms with Gasteiger partial charge in [-0.2, -0.15) is 0 Å². The lowest BCUT2D eigenvalue weighted by molar-refractivity contribution is 0.0524.